The molecular weight excluding hydrogens is 322 g/mol. The molecule has 0 saturated heterocycles. The van der Waals surface area contributed by atoms with Gasteiger partial charge in [0.2, 0.25) is 0 Å². The first kappa shape index (κ1) is 18.4. The van der Waals surface area contributed by atoms with E-state index in [1.54, 1.807) is 45.2 Å². The summed E-state index contributed by atoms with van der Waals surface area (Å²) in [6, 6.07) is 8.06. The molecule has 132 valence electrons. The summed E-state index contributed by atoms with van der Waals surface area (Å²) in [6.45, 7) is 6.76. The molecule has 0 radical (unpaired) electrons. The fraction of sp³-hybridized carbons (Fsp3) is 0.333. The number of hydrogen-bond donors (Lipinski definition) is 2. The van der Waals surface area contributed by atoms with Crippen LogP contribution < -0.4 is 10.6 Å². The summed E-state index contributed by atoms with van der Waals surface area (Å²) < 4.78 is 5.17. The van der Waals surface area contributed by atoms with Crippen LogP contribution in [-0.4, -0.2) is 34.5 Å². The molecule has 0 spiro atoms. The number of nitrogens with zero attached hydrogens (tertiary/aromatic N) is 1. The van der Waals surface area contributed by atoms with Gasteiger partial charge >= 0.3 is 12.0 Å². The molecule has 3 amide bonds. The first-order valence-corrected chi connectivity index (χ1v) is 7.85. The van der Waals surface area contributed by atoms with Gasteiger partial charge in [-0.15, -0.1) is 0 Å². The van der Waals surface area contributed by atoms with E-state index in [2.05, 4.69) is 15.6 Å². The van der Waals surface area contributed by atoms with E-state index in [1.807, 2.05) is 12.1 Å². The summed E-state index contributed by atoms with van der Waals surface area (Å²) >= 11 is 0. The highest BCUT2D eigenvalue weighted by molar-refractivity contribution is 6.04. The Bertz CT molecular complexity index is 806. The third-order valence-electron chi connectivity index (χ3n) is 3.23. The Hall–Kier alpha value is -2.96. The zero-order valence-corrected chi connectivity index (χ0v) is 14.6. The number of urea groups is 1. The van der Waals surface area contributed by atoms with Crippen molar-refractivity contribution in [1.82, 2.24) is 15.6 Å². The standard InChI is InChI=1S/C18H21N3O4/c1-11(15(22)20-17(24)21-18(2,3)4)25-16(23)13-9-5-7-12-8-6-10-19-14(12)13/h5-11H,1-4H3,(H2,20,21,22,24)/t11-/m0/s1. The van der Waals surface area contributed by atoms with Gasteiger partial charge in [-0.3, -0.25) is 15.1 Å². The van der Waals surface area contributed by atoms with E-state index < -0.39 is 29.6 Å². The maximum atomic E-state index is 12.3. The molecule has 0 aliphatic rings. The van der Waals surface area contributed by atoms with Gasteiger partial charge < -0.3 is 10.1 Å². The molecule has 2 rings (SSSR count). The molecule has 1 heterocycles. The molecule has 1 atom stereocenters. The average Bonchev–Trinajstić information content (AvgIpc) is 2.52. The molecular formula is C18H21N3O4. The minimum absolute atomic E-state index is 0.261. The van der Waals surface area contributed by atoms with Crippen LogP contribution in [0.25, 0.3) is 10.9 Å². The fourth-order valence-corrected chi connectivity index (χ4v) is 2.13. The second-order valence-electron chi connectivity index (χ2n) is 6.62. The molecule has 25 heavy (non-hydrogen) atoms. The largest absolute Gasteiger partial charge is 0.449 e. The number of fused-ring (bicyclic) bond motifs is 1. The Kier molecular flexibility index (Phi) is 5.36. The van der Waals surface area contributed by atoms with Gasteiger partial charge in [0.15, 0.2) is 6.10 Å². The lowest BCUT2D eigenvalue weighted by Gasteiger charge is -2.21. The number of ether oxygens (including phenoxy) is 1. The van der Waals surface area contributed by atoms with Crippen molar-refractivity contribution in [3.63, 3.8) is 0 Å². The monoisotopic (exact) mass is 343 g/mol. The number of nitrogens with one attached hydrogen (secondary N) is 2. The first-order valence-electron chi connectivity index (χ1n) is 7.85. The number of imide groups is 1. The van der Waals surface area contributed by atoms with Crippen LogP contribution in [0.1, 0.15) is 38.1 Å². The second-order valence-corrected chi connectivity index (χ2v) is 6.62. The van der Waals surface area contributed by atoms with Crippen molar-refractivity contribution in [2.75, 3.05) is 0 Å². The highest BCUT2D eigenvalue weighted by Gasteiger charge is 2.23. The lowest BCUT2D eigenvalue weighted by atomic mass is 10.1. The van der Waals surface area contributed by atoms with Gasteiger partial charge in [0.1, 0.15) is 0 Å². The SMILES string of the molecule is C[C@H](OC(=O)c1cccc2cccnc12)C(=O)NC(=O)NC(C)(C)C. The van der Waals surface area contributed by atoms with Crippen LogP contribution in [0, 0.1) is 0 Å². The van der Waals surface area contributed by atoms with E-state index in [0.717, 1.165) is 5.39 Å². The van der Waals surface area contributed by atoms with Crippen LogP contribution in [0.4, 0.5) is 4.79 Å². The zero-order valence-electron chi connectivity index (χ0n) is 14.6. The number of carbonyl (C=O) groups excluding carboxylic acids is 3. The molecule has 0 saturated carbocycles. The Morgan fingerprint density at radius 2 is 1.80 bits per heavy atom. The summed E-state index contributed by atoms with van der Waals surface area (Å²) in [6.07, 6.45) is 0.448. The van der Waals surface area contributed by atoms with Gasteiger partial charge in [0.05, 0.1) is 11.1 Å². The quantitative estimate of drug-likeness (QED) is 0.834. The van der Waals surface area contributed by atoms with E-state index >= 15 is 0 Å². The van der Waals surface area contributed by atoms with Crippen molar-refractivity contribution in [1.29, 1.82) is 0 Å². The molecule has 2 aromatic rings. The third kappa shape index (κ3) is 5.00. The minimum atomic E-state index is -1.13. The number of benzene rings is 1. The normalized spacial score (nSPS) is 12.3. The third-order valence-corrected chi connectivity index (χ3v) is 3.23. The number of aromatic nitrogens is 1. The van der Waals surface area contributed by atoms with Crippen molar-refractivity contribution < 1.29 is 19.1 Å². The Labute approximate surface area is 145 Å². The van der Waals surface area contributed by atoms with Crippen molar-refractivity contribution in [2.45, 2.75) is 39.3 Å². The number of hydrogen-bond acceptors (Lipinski definition) is 5. The molecule has 0 aliphatic carbocycles. The topological polar surface area (TPSA) is 97.4 Å². The Balaban J connectivity index is 2.04. The van der Waals surface area contributed by atoms with E-state index in [-0.39, 0.29) is 5.56 Å². The van der Waals surface area contributed by atoms with E-state index in [9.17, 15) is 14.4 Å². The molecule has 1 aromatic carbocycles. The molecule has 2 N–H and O–H groups in total. The predicted molar refractivity (Wildman–Crippen MR) is 93.0 cm³/mol. The fourth-order valence-electron chi connectivity index (χ4n) is 2.13. The van der Waals surface area contributed by atoms with Crippen molar-refractivity contribution >= 4 is 28.8 Å². The van der Waals surface area contributed by atoms with Gasteiger partial charge in [0.25, 0.3) is 5.91 Å². The molecule has 1 aromatic heterocycles. The van der Waals surface area contributed by atoms with Gasteiger partial charge in [0, 0.05) is 17.1 Å². The lowest BCUT2D eigenvalue weighted by Crippen LogP contribution is -2.50. The van der Waals surface area contributed by atoms with Gasteiger partial charge in [-0.2, -0.15) is 0 Å². The number of pyridine rings is 1. The van der Waals surface area contributed by atoms with Crippen LogP contribution in [0.3, 0.4) is 0 Å². The molecule has 0 unspecified atom stereocenters. The average molecular weight is 343 g/mol. The highest BCUT2D eigenvalue weighted by atomic mass is 16.5. The number of amides is 3. The predicted octanol–water partition coefficient (Wildman–Crippen LogP) is 2.40. The summed E-state index contributed by atoms with van der Waals surface area (Å²) in [5.41, 5.74) is 0.267. The van der Waals surface area contributed by atoms with E-state index in [1.165, 1.54) is 6.92 Å². The zero-order chi connectivity index (χ0) is 18.6. The number of esters is 1. The summed E-state index contributed by atoms with van der Waals surface area (Å²) in [7, 11) is 0. The van der Waals surface area contributed by atoms with E-state index in [4.69, 9.17) is 4.74 Å². The summed E-state index contributed by atoms with van der Waals surface area (Å²) in [4.78, 5) is 40.2. The highest BCUT2D eigenvalue weighted by Crippen LogP contribution is 2.17. The lowest BCUT2D eigenvalue weighted by molar-refractivity contribution is -0.127. The van der Waals surface area contributed by atoms with Crippen LogP contribution in [0.15, 0.2) is 36.5 Å². The van der Waals surface area contributed by atoms with Crippen LogP contribution in [-0.2, 0) is 9.53 Å². The Morgan fingerprint density at radius 1 is 1.12 bits per heavy atom. The van der Waals surface area contributed by atoms with Crippen LogP contribution >= 0.6 is 0 Å². The molecule has 0 aliphatic heterocycles. The Morgan fingerprint density at radius 3 is 2.48 bits per heavy atom. The summed E-state index contributed by atoms with van der Waals surface area (Å²) in [5.74, 6) is -1.38. The maximum absolute atomic E-state index is 12.3. The van der Waals surface area contributed by atoms with Gasteiger partial charge in [-0.25, -0.2) is 9.59 Å². The van der Waals surface area contributed by atoms with Gasteiger partial charge in [-0.05, 0) is 39.8 Å². The first-order chi connectivity index (χ1) is 11.7. The molecule has 0 bridgehead atoms. The number of para-hydroxylation sites is 1. The van der Waals surface area contributed by atoms with Gasteiger partial charge in [-0.1, -0.05) is 18.2 Å². The molecule has 0 fully saturated rings. The van der Waals surface area contributed by atoms with Crippen molar-refractivity contribution in [3.05, 3.63) is 42.1 Å². The number of rotatable bonds is 3. The number of carbonyl (C=O) groups is 3. The maximum Gasteiger partial charge on any atom is 0.341 e. The smallest absolute Gasteiger partial charge is 0.341 e. The summed E-state index contributed by atoms with van der Waals surface area (Å²) in [5, 5.41) is 5.53. The van der Waals surface area contributed by atoms with Crippen LogP contribution in [0.2, 0.25) is 0 Å². The van der Waals surface area contributed by atoms with Crippen molar-refractivity contribution in [3.8, 4) is 0 Å². The van der Waals surface area contributed by atoms with Crippen molar-refractivity contribution in [2.24, 2.45) is 0 Å². The molecule has 7 nitrogen and oxygen atoms in total. The minimum Gasteiger partial charge on any atom is -0.449 e. The second kappa shape index (κ2) is 7.29. The van der Waals surface area contributed by atoms with Crippen LogP contribution in [0.5, 0.6) is 0 Å². The molecule has 7 heteroatoms. The van der Waals surface area contributed by atoms with E-state index in [0.29, 0.717) is 5.52 Å².